The maximum absolute atomic E-state index is 11.8. The minimum atomic E-state index is -0.287. The predicted octanol–water partition coefficient (Wildman–Crippen LogP) is 2.79. The lowest BCUT2D eigenvalue weighted by Gasteiger charge is -2.06. The summed E-state index contributed by atoms with van der Waals surface area (Å²) < 4.78 is 5.28. The first-order valence-electron chi connectivity index (χ1n) is 5.34. The first-order chi connectivity index (χ1) is 8.54. The molecule has 1 rings (SSSR count). The molecule has 1 aromatic rings. The van der Waals surface area contributed by atoms with E-state index in [9.17, 15) is 9.59 Å². The van der Waals surface area contributed by atoms with Crippen molar-refractivity contribution in [3.63, 3.8) is 0 Å². The Balaban J connectivity index is 2.46. The van der Waals surface area contributed by atoms with Crippen molar-refractivity contribution in [3.8, 4) is 0 Å². The normalized spacial score (nSPS) is 9.94. The molecule has 0 saturated carbocycles. The summed E-state index contributed by atoms with van der Waals surface area (Å²) in [6, 6.07) is 5.06. The maximum Gasteiger partial charge on any atom is 0.305 e. The van der Waals surface area contributed by atoms with E-state index in [0.29, 0.717) is 23.6 Å². The average molecular weight is 335 g/mol. The topological polar surface area (TPSA) is 55.4 Å². The van der Waals surface area contributed by atoms with Gasteiger partial charge in [-0.3, -0.25) is 9.59 Å². The van der Waals surface area contributed by atoms with Gasteiger partial charge in [-0.1, -0.05) is 27.5 Å². The van der Waals surface area contributed by atoms with Crippen molar-refractivity contribution >= 4 is 39.4 Å². The van der Waals surface area contributed by atoms with Crippen LogP contribution in [0.3, 0.4) is 0 Å². The molecule has 0 bridgehead atoms. The first-order valence-corrected chi connectivity index (χ1v) is 6.51. The summed E-state index contributed by atoms with van der Waals surface area (Å²) in [7, 11) is 1.34. The Hall–Kier alpha value is -1.07. The number of amides is 1. The molecule has 0 atom stereocenters. The summed E-state index contributed by atoms with van der Waals surface area (Å²) in [5.41, 5.74) is 0.407. The number of carbonyl (C=O) groups excluding carboxylic acids is 2. The molecule has 0 heterocycles. The zero-order chi connectivity index (χ0) is 13.5. The number of hydrogen-bond donors (Lipinski definition) is 1. The van der Waals surface area contributed by atoms with Gasteiger partial charge in [0.1, 0.15) is 0 Å². The molecule has 0 unspecified atom stereocenters. The number of ether oxygens (including phenoxy) is 1. The lowest BCUT2D eigenvalue weighted by atomic mass is 10.2. The van der Waals surface area contributed by atoms with Gasteiger partial charge in [-0.25, -0.2) is 0 Å². The monoisotopic (exact) mass is 333 g/mol. The third kappa shape index (κ3) is 4.66. The highest BCUT2D eigenvalue weighted by atomic mass is 79.9. The highest BCUT2D eigenvalue weighted by Crippen LogP contribution is 2.20. The smallest absolute Gasteiger partial charge is 0.305 e. The number of benzene rings is 1. The quantitative estimate of drug-likeness (QED) is 0.665. The minimum absolute atomic E-state index is 0.258. The fourth-order valence-corrected chi connectivity index (χ4v) is 1.87. The molecule has 0 saturated heterocycles. The average Bonchev–Trinajstić information content (AvgIpc) is 2.36. The van der Waals surface area contributed by atoms with Crippen LogP contribution in [0.15, 0.2) is 22.7 Å². The van der Waals surface area contributed by atoms with Gasteiger partial charge in [-0.05, 0) is 24.6 Å². The van der Waals surface area contributed by atoms with Crippen LogP contribution in [0.4, 0.5) is 0 Å². The number of hydrogen-bond acceptors (Lipinski definition) is 3. The third-order valence-electron chi connectivity index (χ3n) is 2.24. The van der Waals surface area contributed by atoms with E-state index in [4.69, 9.17) is 11.6 Å². The van der Waals surface area contributed by atoms with Crippen molar-refractivity contribution in [2.24, 2.45) is 0 Å². The molecule has 0 aliphatic heterocycles. The van der Waals surface area contributed by atoms with Gasteiger partial charge < -0.3 is 10.1 Å². The van der Waals surface area contributed by atoms with E-state index in [1.54, 1.807) is 18.2 Å². The van der Waals surface area contributed by atoms with Crippen LogP contribution >= 0.6 is 27.5 Å². The van der Waals surface area contributed by atoms with Crippen molar-refractivity contribution in [2.75, 3.05) is 13.7 Å². The Kier molecular flexibility index (Phi) is 6.15. The number of esters is 1. The number of methoxy groups -OCH3 is 1. The van der Waals surface area contributed by atoms with Gasteiger partial charge in [0.2, 0.25) is 0 Å². The molecule has 1 amide bonds. The zero-order valence-electron chi connectivity index (χ0n) is 9.83. The summed E-state index contributed by atoms with van der Waals surface area (Å²) in [5.74, 6) is -0.545. The summed E-state index contributed by atoms with van der Waals surface area (Å²) >= 11 is 9.20. The highest BCUT2D eigenvalue weighted by Gasteiger charge is 2.10. The van der Waals surface area contributed by atoms with E-state index >= 15 is 0 Å². The molecule has 0 aliphatic carbocycles. The van der Waals surface area contributed by atoms with E-state index in [1.165, 1.54) is 7.11 Å². The molecule has 98 valence electrons. The van der Waals surface area contributed by atoms with E-state index in [0.717, 1.165) is 4.47 Å². The van der Waals surface area contributed by atoms with E-state index in [2.05, 4.69) is 26.0 Å². The van der Waals surface area contributed by atoms with Crippen molar-refractivity contribution in [1.82, 2.24) is 5.32 Å². The molecule has 0 spiro atoms. The molecular weight excluding hydrogens is 321 g/mol. The Bertz CT molecular complexity index is 451. The number of carbonyl (C=O) groups is 2. The van der Waals surface area contributed by atoms with Gasteiger partial charge in [0.25, 0.3) is 5.91 Å². The second kappa shape index (κ2) is 7.38. The second-order valence-corrected chi connectivity index (χ2v) is 4.88. The number of halogens is 2. The summed E-state index contributed by atoms with van der Waals surface area (Å²) in [5, 5.41) is 3.09. The number of rotatable bonds is 5. The van der Waals surface area contributed by atoms with E-state index in [-0.39, 0.29) is 18.3 Å². The predicted molar refractivity (Wildman–Crippen MR) is 72.7 cm³/mol. The number of nitrogens with one attached hydrogen (secondary N) is 1. The lowest BCUT2D eigenvalue weighted by molar-refractivity contribution is -0.140. The van der Waals surface area contributed by atoms with E-state index in [1.807, 2.05) is 0 Å². The second-order valence-electron chi connectivity index (χ2n) is 3.56. The Labute approximate surface area is 119 Å². The van der Waals surface area contributed by atoms with Crippen LogP contribution in [-0.4, -0.2) is 25.5 Å². The Morgan fingerprint density at radius 1 is 1.44 bits per heavy atom. The summed E-state index contributed by atoms with van der Waals surface area (Å²) in [4.78, 5) is 22.7. The SMILES string of the molecule is COC(=O)CCCNC(=O)c1cc(Br)ccc1Cl. The third-order valence-corrected chi connectivity index (χ3v) is 3.07. The maximum atomic E-state index is 11.8. The van der Waals surface area contributed by atoms with Crippen LogP contribution in [0.1, 0.15) is 23.2 Å². The molecular formula is C12H13BrClNO3. The van der Waals surface area contributed by atoms with Crippen LogP contribution in [0, 0.1) is 0 Å². The molecule has 1 N–H and O–H groups in total. The molecule has 4 nitrogen and oxygen atoms in total. The summed E-state index contributed by atoms with van der Waals surface area (Å²) in [6.45, 7) is 0.400. The zero-order valence-corrected chi connectivity index (χ0v) is 12.2. The largest absolute Gasteiger partial charge is 0.469 e. The lowest BCUT2D eigenvalue weighted by Crippen LogP contribution is -2.25. The molecule has 18 heavy (non-hydrogen) atoms. The molecule has 6 heteroatoms. The van der Waals surface area contributed by atoms with Crippen LogP contribution in [0.25, 0.3) is 0 Å². The van der Waals surface area contributed by atoms with Gasteiger partial charge in [0.05, 0.1) is 17.7 Å². The van der Waals surface area contributed by atoms with Gasteiger partial charge in [0.15, 0.2) is 0 Å². The molecule has 0 aliphatic rings. The van der Waals surface area contributed by atoms with Gasteiger partial charge >= 0.3 is 5.97 Å². The molecule has 0 radical (unpaired) electrons. The first kappa shape index (κ1) is 15.0. The van der Waals surface area contributed by atoms with Crippen molar-refractivity contribution in [3.05, 3.63) is 33.3 Å². The fraction of sp³-hybridized carbons (Fsp3) is 0.333. The standard InChI is InChI=1S/C12H13BrClNO3/c1-18-11(16)3-2-6-15-12(17)9-7-8(13)4-5-10(9)14/h4-5,7H,2-3,6H2,1H3,(H,15,17). The molecule has 0 aromatic heterocycles. The summed E-state index contributed by atoms with van der Waals surface area (Å²) in [6.07, 6.45) is 0.813. The van der Waals surface area contributed by atoms with Gasteiger partial charge in [-0.2, -0.15) is 0 Å². The van der Waals surface area contributed by atoms with Crippen molar-refractivity contribution in [2.45, 2.75) is 12.8 Å². The van der Waals surface area contributed by atoms with Crippen molar-refractivity contribution in [1.29, 1.82) is 0 Å². The molecule has 0 fully saturated rings. The van der Waals surface area contributed by atoms with Crippen molar-refractivity contribution < 1.29 is 14.3 Å². The highest BCUT2D eigenvalue weighted by molar-refractivity contribution is 9.10. The van der Waals surface area contributed by atoms with Crippen LogP contribution in [-0.2, 0) is 9.53 Å². The van der Waals surface area contributed by atoms with Gasteiger partial charge in [0, 0.05) is 17.4 Å². The Morgan fingerprint density at radius 2 is 2.17 bits per heavy atom. The van der Waals surface area contributed by atoms with Crippen LogP contribution < -0.4 is 5.32 Å². The Morgan fingerprint density at radius 3 is 2.83 bits per heavy atom. The molecule has 1 aromatic carbocycles. The van der Waals surface area contributed by atoms with Crippen LogP contribution in [0.2, 0.25) is 5.02 Å². The van der Waals surface area contributed by atoms with E-state index < -0.39 is 0 Å². The van der Waals surface area contributed by atoms with Crippen LogP contribution in [0.5, 0.6) is 0 Å². The fourth-order valence-electron chi connectivity index (χ4n) is 1.30. The minimum Gasteiger partial charge on any atom is -0.469 e. The van der Waals surface area contributed by atoms with Gasteiger partial charge in [-0.15, -0.1) is 0 Å².